The lowest BCUT2D eigenvalue weighted by atomic mass is 10.1. The van der Waals surface area contributed by atoms with Gasteiger partial charge in [-0.05, 0) is 25.5 Å². The van der Waals surface area contributed by atoms with Crippen LogP contribution in [0.5, 0.6) is 0 Å². The van der Waals surface area contributed by atoms with Crippen molar-refractivity contribution in [3.05, 3.63) is 65.1 Å². The Morgan fingerprint density at radius 3 is 2.70 bits per heavy atom. The van der Waals surface area contributed by atoms with Crippen LogP contribution in [0.4, 0.5) is 0 Å². The number of aromatic nitrogens is 3. The Bertz CT molecular complexity index is 886. The van der Waals surface area contributed by atoms with Gasteiger partial charge in [-0.1, -0.05) is 30.3 Å². The maximum absolute atomic E-state index is 5.50. The molecule has 27 heavy (non-hydrogen) atoms. The Morgan fingerprint density at radius 2 is 1.93 bits per heavy atom. The largest absolute Gasteiger partial charge is 0.379 e. The highest BCUT2D eigenvalue weighted by molar-refractivity contribution is 5.47. The molecule has 6 heteroatoms. The maximum Gasteiger partial charge on any atom is 0.159 e. The predicted molar refractivity (Wildman–Crippen MR) is 106 cm³/mol. The molecule has 142 valence electrons. The van der Waals surface area contributed by atoms with E-state index in [-0.39, 0.29) is 6.04 Å². The molecule has 1 fully saturated rings. The molecule has 3 heterocycles. The molecule has 0 saturated carbocycles. The van der Waals surface area contributed by atoms with Crippen molar-refractivity contribution in [1.82, 2.24) is 24.8 Å². The third-order valence-corrected chi connectivity index (χ3v) is 5.14. The van der Waals surface area contributed by atoms with Crippen molar-refractivity contribution in [2.24, 2.45) is 0 Å². The van der Waals surface area contributed by atoms with E-state index in [1.807, 2.05) is 17.6 Å². The summed E-state index contributed by atoms with van der Waals surface area (Å²) in [7, 11) is 0. The van der Waals surface area contributed by atoms with Gasteiger partial charge in [0, 0.05) is 49.2 Å². The minimum atomic E-state index is 0.255. The molecule has 0 bridgehead atoms. The Balaban J connectivity index is 1.53. The lowest BCUT2D eigenvalue weighted by molar-refractivity contribution is 0.0333. The molecule has 0 aliphatic carbocycles. The van der Waals surface area contributed by atoms with Gasteiger partial charge in [0.2, 0.25) is 0 Å². The number of nitrogens with zero attached hydrogens (tertiary/aromatic N) is 4. The van der Waals surface area contributed by atoms with E-state index in [1.54, 1.807) is 0 Å². The average Bonchev–Trinajstić information content (AvgIpc) is 3.10. The minimum Gasteiger partial charge on any atom is -0.379 e. The normalized spacial score (nSPS) is 16.7. The standard InChI is InChI=1S/C21H27N5O/c1-16-12-17(2)26-21(24-16)19(14-23-26)13-22-20(18-6-4-3-5-7-18)15-25-8-10-27-11-9-25/h3-7,12,14,20,22H,8-11,13,15H2,1-2H3. The van der Waals surface area contributed by atoms with Gasteiger partial charge >= 0.3 is 0 Å². The highest BCUT2D eigenvalue weighted by Crippen LogP contribution is 2.18. The number of aryl methyl sites for hydroxylation is 2. The molecule has 0 amide bonds. The van der Waals surface area contributed by atoms with Crippen molar-refractivity contribution in [3.63, 3.8) is 0 Å². The zero-order valence-corrected chi connectivity index (χ0v) is 16.1. The van der Waals surface area contributed by atoms with E-state index in [1.165, 1.54) is 5.56 Å². The molecule has 3 aromatic rings. The van der Waals surface area contributed by atoms with Crippen LogP contribution in [0.25, 0.3) is 5.65 Å². The van der Waals surface area contributed by atoms with E-state index in [4.69, 9.17) is 9.72 Å². The van der Waals surface area contributed by atoms with Crippen molar-refractivity contribution in [2.45, 2.75) is 26.4 Å². The molecule has 0 spiro atoms. The number of benzene rings is 1. The van der Waals surface area contributed by atoms with Gasteiger partial charge < -0.3 is 10.1 Å². The smallest absolute Gasteiger partial charge is 0.159 e. The fraction of sp³-hybridized carbons (Fsp3) is 0.429. The lowest BCUT2D eigenvalue weighted by Gasteiger charge is -2.31. The average molecular weight is 365 g/mol. The molecular weight excluding hydrogens is 338 g/mol. The zero-order valence-electron chi connectivity index (χ0n) is 16.1. The van der Waals surface area contributed by atoms with Crippen LogP contribution in [0.15, 0.2) is 42.6 Å². The highest BCUT2D eigenvalue weighted by Gasteiger charge is 2.19. The van der Waals surface area contributed by atoms with Gasteiger partial charge in [0.15, 0.2) is 5.65 Å². The summed E-state index contributed by atoms with van der Waals surface area (Å²) in [6, 6.07) is 13.0. The van der Waals surface area contributed by atoms with Crippen molar-refractivity contribution in [2.75, 3.05) is 32.8 Å². The summed E-state index contributed by atoms with van der Waals surface area (Å²) in [6.45, 7) is 9.42. The van der Waals surface area contributed by atoms with Crippen LogP contribution >= 0.6 is 0 Å². The van der Waals surface area contributed by atoms with Gasteiger partial charge in [0.05, 0.1) is 19.4 Å². The molecule has 6 nitrogen and oxygen atoms in total. The SMILES string of the molecule is Cc1cc(C)n2ncc(CNC(CN3CCOCC3)c3ccccc3)c2n1. The van der Waals surface area contributed by atoms with Gasteiger partial charge in [-0.15, -0.1) is 0 Å². The van der Waals surface area contributed by atoms with Crippen molar-refractivity contribution < 1.29 is 4.74 Å². The maximum atomic E-state index is 5.50. The first-order chi connectivity index (χ1) is 13.2. The number of morpholine rings is 1. The minimum absolute atomic E-state index is 0.255. The summed E-state index contributed by atoms with van der Waals surface area (Å²) in [5, 5.41) is 8.25. The molecule has 0 radical (unpaired) electrons. The van der Waals surface area contributed by atoms with Crippen LogP contribution in [-0.4, -0.2) is 52.3 Å². The fourth-order valence-electron chi connectivity index (χ4n) is 3.69. The van der Waals surface area contributed by atoms with Crippen LogP contribution < -0.4 is 5.32 Å². The Morgan fingerprint density at radius 1 is 1.15 bits per heavy atom. The van der Waals surface area contributed by atoms with Crippen LogP contribution in [0, 0.1) is 13.8 Å². The number of hydrogen-bond acceptors (Lipinski definition) is 5. The molecule has 2 aromatic heterocycles. The Hall–Kier alpha value is -2.28. The van der Waals surface area contributed by atoms with Crippen LogP contribution in [-0.2, 0) is 11.3 Å². The summed E-state index contributed by atoms with van der Waals surface area (Å²) in [6.07, 6.45) is 1.93. The molecule has 1 aliphatic heterocycles. The summed E-state index contributed by atoms with van der Waals surface area (Å²) >= 11 is 0. The van der Waals surface area contributed by atoms with E-state index in [9.17, 15) is 0 Å². The number of fused-ring (bicyclic) bond motifs is 1. The first kappa shape index (κ1) is 18.1. The van der Waals surface area contributed by atoms with E-state index >= 15 is 0 Å². The second-order valence-corrected chi connectivity index (χ2v) is 7.20. The van der Waals surface area contributed by atoms with E-state index < -0.39 is 0 Å². The first-order valence-electron chi connectivity index (χ1n) is 9.60. The Labute approximate surface area is 160 Å². The van der Waals surface area contributed by atoms with Crippen LogP contribution in [0.2, 0.25) is 0 Å². The molecule has 1 aromatic carbocycles. The number of nitrogens with one attached hydrogen (secondary N) is 1. The second-order valence-electron chi connectivity index (χ2n) is 7.20. The molecule has 1 unspecified atom stereocenters. The summed E-state index contributed by atoms with van der Waals surface area (Å²) < 4.78 is 7.42. The van der Waals surface area contributed by atoms with Gasteiger partial charge in [-0.3, -0.25) is 4.90 Å². The topological polar surface area (TPSA) is 54.7 Å². The highest BCUT2D eigenvalue weighted by atomic mass is 16.5. The third kappa shape index (κ3) is 4.18. The molecule has 1 atom stereocenters. The summed E-state index contributed by atoms with van der Waals surface area (Å²) in [5.74, 6) is 0. The van der Waals surface area contributed by atoms with E-state index in [0.29, 0.717) is 0 Å². The molecular formula is C21H27N5O. The number of ether oxygens (including phenoxy) is 1. The first-order valence-corrected chi connectivity index (χ1v) is 9.60. The second kappa shape index (κ2) is 8.17. The lowest BCUT2D eigenvalue weighted by Crippen LogP contribution is -2.41. The van der Waals surface area contributed by atoms with E-state index in [2.05, 4.69) is 58.6 Å². The van der Waals surface area contributed by atoms with Crippen molar-refractivity contribution >= 4 is 5.65 Å². The van der Waals surface area contributed by atoms with Crippen molar-refractivity contribution in [3.8, 4) is 0 Å². The third-order valence-electron chi connectivity index (χ3n) is 5.14. The quantitative estimate of drug-likeness (QED) is 0.727. The van der Waals surface area contributed by atoms with Gasteiger partial charge in [-0.2, -0.15) is 5.10 Å². The monoisotopic (exact) mass is 365 g/mol. The van der Waals surface area contributed by atoms with Crippen LogP contribution in [0.3, 0.4) is 0 Å². The predicted octanol–water partition coefficient (Wildman–Crippen LogP) is 2.51. The van der Waals surface area contributed by atoms with Gasteiger partial charge in [-0.25, -0.2) is 9.50 Å². The van der Waals surface area contributed by atoms with Crippen molar-refractivity contribution in [1.29, 1.82) is 0 Å². The molecule has 4 rings (SSSR count). The van der Waals surface area contributed by atoms with Crippen LogP contribution in [0.1, 0.15) is 28.6 Å². The summed E-state index contributed by atoms with van der Waals surface area (Å²) in [4.78, 5) is 7.17. The van der Waals surface area contributed by atoms with Gasteiger partial charge in [0.1, 0.15) is 0 Å². The Kier molecular flexibility index (Phi) is 5.48. The zero-order chi connectivity index (χ0) is 18.6. The van der Waals surface area contributed by atoms with Gasteiger partial charge in [0.25, 0.3) is 0 Å². The fourth-order valence-corrected chi connectivity index (χ4v) is 3.69. The summed E-state index contributed by atoms with van der Waals surface area (Å²) in [5.41, 5.74) is 5.51. The molecule has 1 saturated heterocycles. The molecule has 1 N–H and O–H groups in total. The number of hydrogen-bond donors (Lipinski definition) is 1. The van der Waals surface area contributed by atoms with E-state index in [0.717, 1.165) is 62.0 Å². The molecule has 1 aliphatic rings. The number of rotatable bonds is 6.